The van der Waals surface area contributed by atoms with Gasteiger partial charge in [-0.25, -0.2) is 17.7 Å². The van der Waals surface area contributed by atoms with Gasteiger partial charge in [-0.3, -0.25) is 9.69 Å². The number of thiazole rings is 1. The predicted molar refractivity (Wildman–Crippen MR) is 128 cm³/mol. The van der Waals surface area contributed by atoms with Crippen LogP contribution in [0.5, 0.6) is 5.75 Å². The van der Waals surface area contributed by atoms with Crippen molar-refractivity contribution in [2.24, 2.45) is 5.92 Å². The normalized spacial score (nSPS) is 15.7. The van der Waals surface area contributed by atoms with Gasteiger partial charge in [-0.05, 0) is 43.5 Å². The summed E-state index contributed by atoms with van der Waals surface area (Å²) in [5, 5.41) is 0.644. The molecule has 170 valence electrons. The topological polar surface area (TPSA) is 79.8 Å². The van der Waals surface area contributed by atoms with E-state index >= 15 is 0 Å². The molecule has 32 heavy (non-hydrogen) atoms. The van der Waals surface area contributed by atoms with Crippen LogP contribution in [0.4, 0.5) is 5.13 Å². The lowest BCUT2D eigenvalue weighted by Gasteiger charge is -2.32. The van der Waals surface area contributed by atoms with E-state index in [1.54, 1.807) is 18.9 Å². The van der Waals surface area contributed by atoms with Crippen LogP contribution in [-0.4, -0.2) is 49.6 Å². The minimum Gasteiger partial charge on any atom is -0.497 e. The number of amides is 1. The Morgan fingerprint density at radius 2 is 1.91 bits per heavy atom. The highest BCUT2D eigenvalue weighted by atomic mass is 32.2. The lowest BCUT2D eigenvalue weighted by molar-refractivity contribution is -0.123. The lowest BCUT2D eigenvalue weighted by Crippen LogP contribution is -2.44. The monoisotopic (exact) mass is 473 g/mol. The number of sulfonamides is 1. The van der Waals surface area contributed by atoms with Crippen LogP contribution in [0.1, 0.15) is 25.3 Å². The molecule has 0 N–H and O–H groups in total. The molecule has 2 aromatic carbocycles. The number of aromatic nitrogens is 1. The van der Waals surface area contributed by atoms with Crippen molar-refractivity contribution in [3.63, 3.8) is 0 Å². The van der Waals surface area contributed by atoms with Crippen molar-refractivity contribution in [1.82, 2.24) is 9.29 Å². The zero-order valence-electron chi connectivity index (χ0n) is 18.2. The molecule has 1 aliphatic heterocycles. The SMILES string of the molecule is CCS(=O)(=O)N1CCC(C(=O)N(Cc2ccccc2)c2nc3ccc(OC)cc3s2)CC1. The molecule has 3 aromatic rings. The summed E-state index contributed by atoms with van der Waals surface area (Å²) >= 11 is 1.46. The molecule has 0 spiro atoms. The minimum absolute atomic E-state index is 0.00609. The number of benzene rings is 2. The Labute approximate surface area is 192 Å². The lowest BCUT2D eigenvalue weighted by atomic mass is 9.96. The molecule has 1 aliphatic rings. The van der Waals surface area contributed by atoms with Crippen molar-refractivity contribution in [3.05, 3.63) is 54.1 Å². The quantitative estimate of drug-likeness (QED) is 0.520. The van der Waals surface area contributed by atoms with Gasteiger partial charge in [0.1, 0.15) is 5.75 Å². The number of methoxy groups -OCH3 is 1. The summed E-state index contributed by atoms with van der Waals surface area (Å²) in [5.74, 6) is 0.594. The third-order valence-electron chi connectivity index (χ3n) is 5.83. The standard InChI is InChI=1S/C23H27N3O4S2/c1-3-32(28,29)25-13-11-18(12-14-25)22(27)26(16-17-7-5-4-6-8-17)23-24-20-10-9-19(30-2)15-21(20)31-23/h4-10,15,18H,3,11-14,16H2,1-2H3. The summed E-state index contributed by atoms with van der Waals surface area (Å²) in [6.07, 6.45) is 1.03. The van der Waals surface area contributed by atoms with Crippen LogP contribution in [0.25, 0.3) is 10.2 Å². The molecule has 1 saturated heterocycles. The fourth-order valence-electron chi connectivity index (χ4n) is 3.92. The average molecular weight is 474 g/mol. The van der Waals surface area contributed by atoms with Gasteiger partial charge in [0, 0.05) is 19.0 Å². The Bertz CT molecular complexity index is 1190. The number of rotatable bonds is 7. The molecular formula is C23H27N3O4S2. The number of hydrogen-bond donors (Lipinski definition) is 0. The summed E-state index contributed by atoms with van der Waals surface area (Å²) in [4.78, 5) is 20.1. The van der Waals surface area contributed by atoms with E-state index in [0.717, 1.165) is 21.5 Å². The van der Waals surface area contributed by atoms with E-state index in [1.165, 1.54) is 15.6 Å². The molecule has 7 nitrogen and oxygen atoms in total. The number of ether oxygens (including phenoxy) is 1. The van der Waals surface area contributed by atoms with Crippen LogP contribution in [0.2, 0.25) is 0 Å². The second-order valence-corrected chi connectivity index (χ2v) is 11.1. The number of hydrogen-bond acceptors (Lipinski definition) is 6. The number of piperidine rings is 1. The Morgan fingerprint density at radius 1 is 1.19 bits per heavy atom. The predicted octanol–water partition coefficient (Wildman–Crippen LogP) is 3.90. The molecule has 0 saturated carbocycles. The number of nitrogens with zero attached hydrogens (tertiary/aromatic N) is 3. The maximum absolute atomic E-state index is 13.6. The Balaban J connectivity index is 1.61. The fraction of sp³-hybridized carbons (Fsp3) is 0.391. The first kappa shape index (κ1) is 22.7. The Hall–Kier alpha value is -2.49. The molecular weight excluding hydrogens is 446 g/mol. The van der Waals surface area contributed by atoms with Crippen LogP contribution in [0.15, 0.2) is 48.5 Å². The van der Waals surface area contributed by atoms with Crippen molar-refractivity contribution in [1.29, 1.82) is 0 Å². The van der Waals surface area contributed by atoms with Gasteiger partial charge >= 0.3 is 0 Å². The third kappa shape index (κ3) is 4.79. The van der Waals surface area contributed by atoms with Crippen LogP contribution in [0.3, 0.4) is 0 Å². The number of carbonyl (C=O) groups excluding carboxylic acids is 1. The Kier molecular flexibility index (Phi) is 6.78. The number of carbonyl (C=O) groups is 1. The summed E-state index contributed by atoms with van der Waals surface area (Å²) < 4.78 is 32.2. The van der Waals surface area contributed by atoms with Crippen molar-refractivity contribution in [2.75, 3.05) is 30.9 Å². The second kappa shape index (κ2) is 9.56. The van der Waals surface area contributed by atoms with Gasteiger partial charge in [-0.2, -0.15) is 0 Å². The minimum atomic E-state index is -3.23. The smallest absolute Gasteiger partial charge is 0.232 e. The van der Waals surface area contributed by atoms with Gasteiger partial charge in [0.15, 0.2) is 5.13 Å². The molecule has 1 aromatic heterocycles. The highest BCUT2D eigenvalue weighted by molar-refractivity contribution is 7.89. The molecule has 1 fully saturated rings. The number of anilines is 1. The van der Waals surface area contributed by atoms with E-state index in [0.29, 0.717) is 37.6 Å². The van der Waals surface area contributed by atoms with Crippen molar-refractivity contribution in [2.45, 2.75) is 26.3 Å². The Morgan fingerprint density at radius 3 is 2.56 bits per heavy atom. The highest BCUT2D eigenvalue weighted by Gasteiger charge is 2.33. The molecule has 9 heteroatoms. The first-order valence-electron chi connectivity index (χ1n) is 10.7. The zero-order valence-corrected chi connectivity index (χ0v) is 19.9. The molecule has 0 atom stereocenters. The maximum Gasteiger partial charge on any atom is 0.232 e. The molecule has 0 unspecified atom stereocenters. The first-order valence-corrected chi connectivity index (χ1v) is 13.1. The number of fused-ring (bicyclic) bond motifs is 1. The molecule has 0 aliphatic carbocycles. The van der Waals surface area contributed by atoms with Crippen molar-refractivity contribution >= 4 is 42.6 Å². The van der Waals surface area contributed by atoms with Gasteiger partial charge in [0.25, 0.3) is 0 Å². The van der Waals surface area contributed by atoms with E-state index in [9.17, 15) is 13.2 Å². The van der Waals surface area contributed by atoms with Gasteiger partial charge in [0.05, 0.1) is 29.6 Å². The summed E-state index contributed by atoms with van der Waals surface area (Å²) in [6, 6.07) is 15.5. The zero-order chi connectivity index (χ0) is 22.7. The van der Waals surface area contributed by atoms with E-state index in [2.05, 4.69) is 0 Å². The molecule has 4 rings (SSSR count). The first-order chi connectivity index (χ1) is 15.4. The van der Waals surface area contributed by atoms with E-state index < -0.39 is 10.0 Å². The average Bonchev–Trinajstić information content (AvgIpc) is 3.25. The van der Waals surface area contributed by atoms with Crippen LogP contribution >= 0.6 is 11.3 Å². The molecule has 0 radical (unpaired) electrons. The van der Waals surface area contributed by atoms with Crippen molar-refractivity contribution < 1.29 is 17.9 Å². The summed E-state index contributed by atoms with van der Waals surface area (Å²) in [6.45, 7) is 2.83. The van der Waals surface area contributed by atoms with Crippen molar-refractivity contribution in [3.8, 4) is 5.75 Å². The van der Waals surface area contributed by atoms with Gasteiger partial charge < -0.3 is 4.74 Å². The van der Waals surface area contributed by atoms with Crippen LogP contribution in [-0.2, 0) is 21.4 Å². The highest BCUT2D eigenvalue weighted by Crippen LogP contribution is 2.34. The van der Waals surface area contributed by atoms with Gasteiger partial charge in [-0.15, -0.1) is 0 Å². The molecule has 1 amide bonds. The van der Waals surface area contributed by atoms with E-state index in [4.69, 9.17) is 9.72 Å². The maximum atomic E-state index is 13.6. The fourth-order valence-corrected chi connectivity index (χ4v) is 6.06. The van der Waals surface area contributed by atoms with Gasteiger partial charge in [0.2, 0.25) is 15.9 Å². The summed E-state index contributed by atoms with van der Waals surface area (Å²) in [7, 11) is -1.60. The summed E-state index contributed by atoms with van der Waals surface area (Å²) in [5.41, 5.74) is 1.84. The molecule has 0 bridgehead atoms. The van der Waals surface area contributed by atoms with Crippen LogP contribution < -0.4 is 9.64 Å². The third-order valence-corrected chi connectivity index (χ3v) is 8.75. The second-order valence-electron chi connectivity index (χ2n) is 7.81. The van der Waals surface area contributed by atoms with E-state index in [-0.39, 0.29) is 17.6 Å². The van der Waals surface area contributed by atoms with Crippen LogP contribution in [0, 0.1) is 5.92 Å². The molecule has 2 heterocycles. The largest absolute Gasteiger partial charge is 0.497 e. The van der Waals surface area contributed by atoms with E-state index in [1.807, 2.05) is 48.5 Å². The van der Waals surface area contributed by atoms with Gasteiger partial charge in [-0.1, -0.05) is 41.7 Å².